The molecule has 3 aromatic rings. The van der Waals surface area contributed by atoms with Crippen molar-refractivity contribution in [3.8, 4) is 5.75 Å². The fraction of sp³-hybridized carbons (Fsp3) is 0.269. The molecule has 0 fully saturated rings. The zero-order chi connectivity index (χ0) is 24.3. The molecule has 6 nitrogen and oxygen atoms in total. The second-order valence-corrected chi connectivity index (χ2v) is 10.2. The Bertz CT molecular complexity index is 1280. The van der Waals surface area contributed by atoms with E-state index in [1.165, 1.54) is 36.4 Å². The smallest absolute Gasteiger partial charge is 0.264 e. The third-order valence-corrected chi connectivity index (χ3v) is 7.80. The number of amides is 1. The van der Waals surface area contributed by atoms with Crippen LogP contribution in [0.15, 0.2) is 71.6 Å². The number of hydrogen-bond acceptors (Lipinski definition) is 4. The van der Waals surface area contributed by atoms with E-state index >= 15 is 0 Å². The Kier molecular flexibility index (Phi) is 6.88. The Morgan fingerprint density at radius 3 is 2.47 bits per heavy atom. The van der Waals surface area contributed by atoms with Crippen LogP contribution in [0.4, 0.5) is 10.1 Å². The number of carbonyl (C=O) groups excluding carboxylic acids is 1. The lowest BCUT2D eigenvalue weighted by atomic mass is 9.87. The highest BCUT2D eigenvalue weighted by Gasteiger charge is 2.29. The van der Waals surface area contributed by atoms with Crippen molar-refractivity contribution in [2.45, 2.75) is 37.1 Å². The van der Waals surface area contributed by atoms with E-state index < -0.39 is 28.3 Å². The Morgan fingerprint density at radius 2 is 1.79 bits per heavy atom. The summed E-state index contributed by atoms with van der Waals surface area (Å²) in [5, 5.41) is 3.00. The largest absolute Gasteiger partial charge is 0.497 e. The van der Waals surface area contributed by atoms with Gasteiger partial charge in [-0.25, -0.2) is 12.8 Å². The number of halogens is 1. The van der Waals surface area contributed by atoms with E-state index in [0.29, 0.717) is 0 Å². The summed E-state index contributed by atoms with van der Waals surface area (Å²) in [5.41, 5.74) is 3.25. The van der Waals surface area contributed by atoms with Crippen molar-refractivity contribution in [3.63, 3.8) is 0 Å². The SMILES string of the molecule is COc1ccc2c(c1)CCCC2NC(=O)CN(c1ccc(F)cc1)S(=O)(=O)c1ccc(C)cc1. The van der Waals surface area contributed by atoms with Crippen LogP contribution in [0.1, 0.15) is 35.6 Å². The van der Waals surface area contributed by atoms with Gasteiger partial charge >= 0.3 is 0 Å². The van der Waals surface area contributed by atoms with Crippen LogP contribution < -0.4 is 14.4 Å². The Morgan fingerprint density at radius 1 is 1.09 bits per heavy atom. The number of sulfonamides is 1. The molecule has 4 rings (SSSR count). The minimum Gasteiger partial charge on any atom is -0.497 e. The van der Waals surface area contributed by atoms with Crippen LogP contribution in [-0.4, -0.2) is 28.0 Å². The quantitative estimate of drug-likeness (QED) is 0.537. The maximum absolute atomic E-state index is 13.5. The predicted octanol–water partition coefficient (Wildman–Crippen LogP) is 4.53. The summed E-state index contributed by atoms with van der Waals surface area (Å²) >= 11 is 0. The molecule has 0 spiro atoms. The zero-order valence-electron chi connectivity index (χ0n) is 19.1. The summed E-state index contributed by atoms with van der Waals surface area (Å²) in [5.74, 6) is -0.166. The average molecular weight is 483 g/mol. The first-order valence-corrected chi connectivity index (χ1v) is 12.5. The number of carbonyl (C=O) groups is 1. The Balaban J connectivity index is 1.60. The second-order valence-electron chi connectivity index (χ2n) is 8.38. The van der Waals surface area contributed by atoms with Crippen molar-refractivity contribution < 1.29 is 22.3 Å². The highest BCUT2D eigenvalue weighted by molar-refractivity contribution is 7.92. The predicted molar refractivity (Wildman–Crippen MR) is 129 cm³/mol. The molecular weight excluding hydrogens is 455 g/mol. The standard InChI is InChI=1S/C26H27FN2O4S/c1-18-6-13-23(14-7-18)34(31,32)29(21-10-8-20(27)9-11-21)17-26(30)28-25-5-3-4-19-16-22(33-2)12-15-24(19)25/h6-16,25H,3-5,17H2,1-2H3,(H,28,30). The van der Waals surface area contributed by atoms with Crippen molar-refractivity contribution >= 4 is 21.6 Å². The number of anilines is 1. The van der Waals surface area contributed by atoms with Gasteiger partial charge in [0, 0.05) is 0 Å². The fourth-order valence-corrected chi connectivity index (χ4v) is 5.62. The van der Waals surface area contributed by atoms with E-state index in [9.17, 15) is 17.6 Å². The summed E-state index contributed by atoms with van der Waals surface area (Å²) in [6, 6.07) is 17.0. The third kappa shape index (κ3) is 5.07. The molecule has 0 aliphatic heterocycles. The van der Waals surface area contributed by atoms with Gasteiger partial charge in [-0.2, -0.15) is 0 Å². The highest BCUT2D eigenvalue weighted by Crippen LogP contribution is 2.32. The lowest BCUT2D eigenvalue weighted by molar-refractivity contribution is -0.120. The molecule has 1 amide bonds. The first kappa shape index (κ1) is 23.8. The molecule has 1 unspecified atom stereocenters. The number of rotatable bonds is 7. The molecule has 0 aromatic heterocycles. The molecule has 3 aromatic carbocycles. The summed E-state index contributed by atoms with van der Waals surface area (Å²) in [6.07, 6.45) is 2.54. The minimum atomic E-state index is -4.06. The molecule has 0 saturated heterocycles. The monoisotopic (exact) mass is 482 g/mol. The van der Waals surface area contributed by atoms with Crippen LogP contribution in [0.3, 0.4) is 0 Å². The van der Waals surface area contributed by atoms with Gasteiger partial charge in [-0.1, -0.05) is 23.8 Å². The van der Waals surface area contributed by atoms with Crippen LogP contribution >= 0.6 is 0 Å². The van der Waals surface area contributed by atoms with Gasteiger partial charge in [0.2, 0.25) is 5.91 Å². The van der Waals surface area contributed by atoms with Crippen molar-refractivity contribution in [1.29, 1.82) is 0 Å². The van der Waals surface area contributed by atoms with E-state index in [4.69, 9.17) is 4.74 Å². The summed E-state index contributed by atoms with van der Waals surface area (Å²) in [4.78, 5) is 13.2. The van der Waals surface area contributed by atoms with Gasteiger partial charge in [0.25, 0.3) is 10.0 Å². The van der Waals surface area contributed by atoms with E-state index in [1.807, 2.05) is 25.1 Å². The number of ether oxygens (including phenoxy) is 1. The molecule has 0 saturated carbocycles. The molecule has 0 heterocycles. The van der Waals surface area contributed by atoms with Crippen LogP contribution in [0.25, 0.3) is 0 Å². The molecule has 178 valence electrons. The van der Waals surface area contributed by atoms with Gasteiger partial charge in [-0.3, -0.25) is 9.10 Å². The van der Waals surface area contributed by atoms with Crippen LogP contribution in [0.2, 0.25) is 0 Å². The lowest BCUT2D eigenvalue weighted by Gasteiger charge is -2.29. The third-order valence-electron chi connectivity index (χ3n) is 6.01. The van der Waals surface area contributed by atoms with Crippen LogP contribution in [0, 0.1) is 12.7 Å². The maximum atomic E-state index is 13.5. The number of fused-ring (bicyclic) bond motifs is 1. The summed E-state index contributed by atoms with van der Waals surface area (Å²) in [7, 11) is -2.44. The highest BCUT2D eigenvalue weighted by atomic mass is 32.2. The first-order chi connectivity index (χ1) is 16.3. The number of nitrogens with one attached hydrogen (secondary N) is 1. The Labute approximate surface area is 199 Å². The van der Waals surface area contributed by atoms with Crippen LogP contribution in [-0.2, 0) is 21.2 Å². The maximum Gasteiger partial charge on any atom is 0.264 e. The molecule has 34 heavy (non-hydrogen) atoms. The van der Waals surface area contributed by atoms with Gasteiger partial charge in [0.1, 0.15) is 18.1 Å². The average Bonchev–Trinajstić information content (AvgIpc) is 2.83. The first-order valence-electron chi connectivity index (χ1n) is 11.1. The summed E-state index contributed by atoms with van der Waals surface area (Å²) < 4.78 is 46.8. The fourth-order valence-electron chi connectivity index (χ4n) is 4.20. The lowest BCUT2D eigenvalue weighted by Crippen LogP contribution is -2.42. The van der Waals surface area contributed by atoms with Gasteiger partial charge in [-0.15, -0.1) is 0 Å². The molecule has 1 aliphatic carbocycles. The van der Waals surface area contributed by atoms with Crippen molar-refractivity contribution in [1.82, 2.24) is 5.32 Å². The van der Waals surface area contributed by atoms with Crippen LogP contribution in [0.5, 0.6) is 5.75 Å². The number of aryl methyl sites for hydroxylation is 2. The molecule has 0 radical (unpaired) electrons. The van der Waals surface area contributed by atoms with Gasteiger partial charge in [0.05, 0.1) is 23.7 Å². The topological polar surface area (TPSA) is 75.7 Å². The Hall–Kier alpha value is -3.39. The van der Waals surface area contributed by atoms with E-state index in [1.54, 1.807) is 19.2 Å². The van der Waals surface area contributed by atoms with Gasteiger partial charge in [-0.05, 0) is 85.8 Å². The number of hydrogen-bond donors (Lipinski definition) is 1. The van der Waals surface area contributed by atoms with Crippen molar-refractivity contribution in [2.24, 2.45) is 0 Å². The number of methoxy groups -OCH3 is 1. The second kappa shape index (κ2) is 9.85. The molecule has 8 heteroatoms. The van der Waals surface area contributed by atoms with Gasteiger partial charge < -0.3 is 10.1 Å². The zero-order valence-corrected chi connectivity index (χ0v) is 19.9. The molecular formula is C26H27FN2O4S. The van der Waals surface area contributed by atoms with Gasteiger partial charge in [0.15, 0.2) is 0 Å². The van der Waals surface area contributed by atoms with Crippen molar-refractivity contribution in [2.75, 3.05) is 18.0 Å². The van der Waals surface area contributed by atoms with E-state index in [-0.39, 0.29) is 16.6 Å². The van der Waals surface area contributed by atoms with E-state index in [0.717, 1.165) is 46.0 Å². The molecule has 0 bridgehead atoms. The van der Waals surface area contributed by atoms with Crippen molar-refractivity contribution in [3.05, 3.63) is 89.2 Å². The summed E-state index contributed by atoms with van der Waals surface area (Å²) in [6.45, 7) is 1.43. The molecule has 1 aliphatic rings. The number of benzene rings is 3. The minimum absolute atomic E-state index is 0.0605. The number of nitrogens with zero attached hydrogens (tertiary/aromatic N) is 1. The normalized spacial score (nSPS) is 15.3. The molecule has 1 atom stereocenters. The van der Waals surface area contributed by atoms with E-state index in [2.05, 4.69) is 5.32 Å². The molecule has 1 N–H and O–H groups in total.